The molecular weight excluding hydrogens is 382 g/mol. The molecule has 0 radical (unpaired) electrons. The van der Waals surface area contributed by atoms with Crippen LogP contribution >= 0.6 is 0 Å². The predicted molar refractivity (Wildman–Crippen MR) is 112 cm³/mol. The van der Waals surface area contributed by atoms with Crippen LogP contribution in [0.15, 0.2) is 35.1 Å². The van der Waals surface area contributed by atoms with Gasteiger partial charge in [-0.15, -0.1) is 0 Å². The summed E-state index contributed by atoms with van der Waals surface area (Å²) in [5, 5.41) is 3.13. The van der Waals surface area contributed by atoms with E-state index in [1.807, 2.05) is 23.1 Å². The summed E-state index contributed by atoms with van der Waals surface area (Å²) in [7, 11) is 0. The lowest BCUT2D eigenvalue weighted by molar-refractivity contribution is 0.0463. The van der Waals surface area contributed by atoms with E-state index in [4.69, 9.17) is 9.15 Å². The SMILES string of the molecule is Cc1ocnc1C(=O)N1CCCC2(CCCCCOc3ccccc3C(=O)NC2)C1. The van der Waals surface area contributed by atoms with Crippen molar-refractivity contribution in [2.45, 2.75) is 45.4 Å². The lowest BCUT2D eigenvalue weighted by Crippen LogP contribution is -2.51. The number of benzene rings is 1. The fraction of sp³-hybridized carbons (Fsp3) is 0.522. The van der Waals surface area contributed by atoms with Gasteiger partial charge >= 0.3 is 0 Å². The average Bonchev–Trinajstić information content (AvgIpc) is 3.19. The van der Waals surface area contributed by atoms with Gasteiger partial charge in [0.25, 0.3) is 11.8 Å². The van der Waals surface area contributed by atoms with Gasteiger partial charge in [0.15, 0.2) is 12.1 Å². The van der Waals surface area contributed by atoms with Gasteiger partial charge in [0.1, 0.15) is 11.5 Å². The fourth-order valence-electron chi connectivity index (χ4n) is 4.58. The van der Waals surface area contributed by atoms with E-state index in [-0.39, 0.29) is 17.2 Å². The lowest BCUT2D eigenvalue weighted by atomic mass is 9.75. The van der Waals surface area contributed by atoms with Crippen molar-refractivity contribution in [3.05, 3.63) is 47.7 Å². The highest BCUT2D eigenvalue weighted by Gasteiger charge is 2.38. The molecule has 1 N–H and O–H groups in total. The Balaban J connectivity index is 1.53. The average molecular weight is 412 g/mol. The maximum Gasteiger partial charge on any atom is 0.276 e. The standard InChI is InChI=1S/C23H29N3O4/c1-17-20(25-16-30-17)22(28)26-12-7-11-23(15-26)10-5-2-6-13-29-19-9-4-3-8-18(19)21(27)24-14-23/h3-4,8-9,16H,2,5-7,10-15H2,1H3,(H,24,27). The molecule has 4 rings (SSSR count). The van der Waals surface area contributed by atoms with Crippen LogP contribution in [0.25, 0.3) is 0 Å². The Hall–Kier alpha value is -2.83. The Morgan fingerprint density at radius 3 is 2.83 bits per heavy atom. The summed E-state index contributed by atoms with van der Waals surface area (Å²) in [5.41, 5.74) is 0.821. The molecule has 1 unspecified atom stereocenters. The van der Waals surface area contributed by atoms with Gasteiger partial charge in [-0.3, -0.25) is 9.59 Å². The first-order valence-electron chi connectivity index (χ1n) is 10.8. The third kappa shape index (κ3) is 4.35. The summed E-state index contributed by atoms with van der Waals surface area (Å²) in [4.78, 5) is 31.9. The molecule has 2 amide bonds. The molecule has 0 saturated carbocycles. The molecular formula is C23H29N3O4. The first kappa shape index (κ1) is 20.4. The van der Waals surface area contributed by atoms with Crippen molar-refractivity contribution in [3.63, 3.8) is 0 Å². The Morgan fingerprint density at radius 1 is 1.17 bits per heavy atom. The largest absolute Gasteiger partial charge is 0.493 e. The number of nitrogens with one attached hydrogen (secondary N) is 1. The van der Waals surface area contributed by atoms with Crippen LogP contribution < -0.4 is 10.1 Å². The zero-order valence-corrected chi connectivity index (χ0v) is 17.5. The number of ether oxygens (including phenoxy) is 1. The third-order valence-corrected chi connectivity index (χ3v) is 6.26. The van der Waals surface area contributed by atoms with Crippen LogP contribution in [-0.2, 0) is 0 Å². The minimum absolute atomic E-state index is 0.0866. The number of fused-ring (bicyclic) bond motifs is 1. The highest BCUT2D eigenvalue weighted by molar-refractivity contribution is 5.97. The van der Waals surface area contributed by atoms with Gasteiger partial charge in [-0.1, -0.05) is 25.0 Å². The van der Waals surface area contributed by atoms with E-state index in [2.05, 4.69) is 10.3 Å². The highest BCUT2D eigenvalue weighted by Crippen LogP contribution is 2.36. The number of aryl methyl sites for hydroxylation is 1. The number of likely N-dealkylation sites (tertiary alicyclic amines) is 1. The minimum Gasteiger partial charge on any atom is -0.493 e. The number of rotatable bonds is 1. The quantitative estimate of drug-likeness (QED) is 0.775. The number of oxazole rings is 1. The second kappa shape index (κ2) is 8.90. The summed E-state index contributed by atoms with van der Waals surface area (Å²) in [6.45, 7) is 4.23. The van der Waals surface area contributed by atoms with Crippen molar-refractivity contribution < 1.29 is 18.7 Å². The van der Waals surface area contributed by atoms with Crippen molar-refractivity contribution >= 4 is 11.8 Å². The Labute approximate surface area is 176 Å². The fourth-order valence-corrected chi connectivity index (χ4v) is 4.58. The number of amides is 2. The van der Waals surface area contributed by atoms with E-state index in [1.54, 1.807) is 13.0 Å². The van der Waals surface area contributed by atoms with E-state index in [0.717, 1.165) is 38.5 Å². The molecule has 7 heteroatoms. The summed E-state index contributed by atoms with van der Waals surface area (Å²) < 4.78 is 11.1. The maximum atomic E-state index is 13.0. The second-order valence-corrected chi connectivity index (χ2v) is 8.43. The number of aromatic nitrogens is 1. The zero-order valence-electron chi connectivity index (χ0n) is 17.5. The predicted octanol–water partition coefficient (Wildman–Crippen LogP) is 3.59. The van der Waals surface area contributed by atoms with Crippen molar-refractivity contribution in [1.82, 2.24) is 15.2 Å². The van der Waals surface area contributed by atoms with Gasteiger partial charge in [0.05, 0.1) is 12.2 Å². The number of para-hydroxylation sites is 1. The molecule has 3 heterocycles. The number of carbonyl (C=O) groups excluding carboxylic acids is 2. The van der Waals surface area contributed by atoms with E-state index >= 15 is 0 Å². The van der Waals surface area contributed by atoms with E-state index in [9.17, 15) is 9.59 Å². The zero-order chi connectivity index (χ0) is 21.0. The molecule has 1 aromatic carbocycles. The summed E-state index contributed by atoms with van der Waals surface area (Å²) >= 11 is 0. The van der Waals surface area contributed by atoms with Crippen molar-refractivity contribution in [1.29, 1.82) is 0 Å². The monoisotopic (exact) mass is 411 g/mol. The molecule has 2 aliphatic rings. The second-order valence-electron chi connectivity index (χ2n) is 8.43. The molecule has 2 aliphatic heterocycles. The van der Waals surface area contributed by atoms with Crippen molar-refractivity contribution in [2.75, 3.05) is 26.2 Å². The van der Waals surface area contributed by atoms with Gasteiger partial charge in [0, 0.05) is 25.0 Å². The van der Waals surface area contributed by atoms with E-state index in [1.165, 1.54) is 6.39 Å². The molecule has 1 saturated heterocycles. The first-order valence-corrected chi connectivity index (χ1v) is 10.8. The van der Waals surface area contributed by atoms with Crippen LogP contribution in [0.4, 0.5) is 0 Å². The number of hydrogen-bond donors (Lipinski definition) is 1. The van der Waals surface area contributed by atoms with E-state index < -0.39 is 0 Å². The van der Waals surface area contributed by atoms with Crippen molar-refractivity contribution in [3.8, 4) is 5.75 Å². The molecule has 2 aromatic rings. The highest BCUT2D eigenvalue weighted by atomic mass is 16.5. The first-order chi connectivity index (χ1) is 14.6. The molecule has 7 nitrogen and oxygen atoms in total. The van der Waals surface area contributed by atoms with Crippen LogP contribution in [-0.4, -0.2) is 47.9 Å². The Kier molecular flexibility index (Phi) is 6.06. The van der Waals surface area contributed by atoms with Crippen LogP contribution in [0, 0.1) is 12.3 Å². The van der Waals surface area contributed by atoms with Gasteiger partial charge in [-0.05, 0) is 44.7 Å². The lowest BCUT2D eigenvalue weighted by Gasteiger charge is -2.43. The summed E-state index contributed by atoms with van der Waals surface area (Å²) in [6, 6.07) is 7.38. The molecule has 0 aliphatic carbocycles. The molecule has 1 spiro atoms. The normalized spacial score (nSPS) is 23.0. The van der Waals surface area contributed by atoms with E-state index in [0.29, 0.717) is 49.0 Å². The topological polar surface area (TPSA) is 84.7 Å². The smallest absolute Gasteiger partial charge is 0.276 e. The molecule has 1 fully saturated rings. The number of piperidine rings is 1. The summed E-state index contributed by atoms with van der Waals surface area (Å²) in [5.74, 6) is 0.965. The van der Waals surface area contributed by atoms with Gasteiger partial charge in [0.2, 0.25) is 0 Å². The van der Waals surface area contributed by atoms with Crippen LogP contribution in [0.3, 0.4) is 0 Å². The maximum absolute atomic E-state index is 13.0. The Morgan fingerprint density at radius 2 is 2.00 bits per heavy atom. The Bertz CT molecular complexity index is 909. The van der Waals surface area contributed by atoms with Gasteiger partial charge in [-0.25, -0.2) is 4.98 Å². The number of carbonyl (C=O) groups is 2. The third-order valence-electron chi connectivity index (χ3n) is 6.26. The van der Waals surface area contributed by atoms with Crippen LogP contribution in [0.2, 0.25) is 0 Å². The van der Waals surface area contributed by atoms with Gasteiger partial charge in [-0.2, -0.15) is 0 Å². The molecule has 1 atom stereocenters. The summed E-state index contributed by atoms with van der Waals surface area (Å²) in [6.07, 6.45) is 7.26. The molecule has 30 heavy (non-hydrogen) atoms. The van der Waals surface area contributed by atoms with Gasteiger partial charge < -0.3 is 19.4 Å². The number of nitrogens with zero attached hydrogens (tertiary/aromatic N) is 2. The van der Waals surface area contributed by atoms with Crippen LogP contribution in [0.5, 0.6) is 5.75 Å². The minimum atomic E-state index is -0.129. The molecule has 1 aromatic heterocycles. The van der Waals surface area contributed by atoms with Crippen LogP contribution in [0.1, 0.15) is 65.1 Å². The number of hydrogen-bond acceptors (Lipinski definition) is 5. The van der Waals surface area contributed by atoms with Crippen molar-refractivity contribution in [2.24, 2.45) is 5.41 Å². The molecule has 160 valence electrons. The molecule has 0 bridgehead atoms.